The molecule has 12 nitrogen and oxygen atoms in total. The molecule has 0 fully saturated rings. The number of hydrogen-bond donors (Lipinski definition) is 0. The maximum Gasteiger partial charge on any atom is 0.279 e. The quantitative estimate of drug-likeness (QED) is 0.263. The summed E-state index contributed by atoms with van der Waals surface area (Å²) >= 11 is 1.12. The number of sulfonamides is 1. The van der Waals surface area contributed by atoms with E-state index in [0.29, 0.717) is 28.2 Å². The van der Waals surface area contributed by atoms with Gasteiger partial charge in [-0.15, -0.1) is 0 Å². The highest BCUT2D eigenvalue weighted by atomic mass is 32.2. The minimum atomic E-state index is -3.97. The largest absolute Gasteiger partial charge is 0.383 e. The Labute approximate surface area is 216 Å². The van der Waals surface area contributed by atoms with Crippen LogP contribution in [-0.2, 0) is 21.3 Å². The number of ether oxygens (including phenoxy) is 1. The van der Waals surface area contributed by atoms with E-state index in [1.165, 1.54) is 43.5 Å². The Balaban J connectivity index is 1.95. The van der Waals surface area contributed by atoms with Crippen molar-refractivity contribution in [1.82, 2.24) is 8.87 Å². The number of nitro groups is 1. The topological polar surface area (TPSA) is 172 Å². The van der Waals surface area contributed by atoms with Crippen LogP contribution < -0.4 is 4.80 Å². The molecule has 0 bridgehead atoms. The number of nitro benzene ring substituents is 1. The Morgan fingerprint density at radius 2 is 1.81 bits per heavy atom. The van der Waals surface area contributed by atoms with Gasteiger partial charge in [-0.2, -0.15) is 19.8 Å². The van der Waals surface area contributed by atoms with E-state index in [2.05, 4.69) is 4.99 Å². The lowest BCUT2D eigenvalue weighted by atomic mass is 10.2. The summed E-state index contributed by atoms with van der Waals surface area (Å²) in [6.45, 7) is 0.577. The van der Waals surface area contributed by atoms with Crippen molar-refractivity contribution >= 4 is 43.2 Å². The Kier molecular flexibility index (Phi) is 9.21. The van der Waals surface area contributed by atoms with E-state index >= 15 is 0 Å². The number of rotatable bonds is 11. The van der Waals surface area contributed by atoms with Crippen molar-refractivity contribution in [3.05, 3.63) is 62.9 Å². The third-order valence-corrected chi connectivity index (χ3v) is 8.23. The summed E-state index contributed by atoms with van der Waals surface area (Å²) in [5, 5.41) is 28.8. The molecule has 2 aromatic carbocycles. The molecule has 0 spiro atoms. The fourth-order valence-corrected chi connectivity index (χ4v) is 5.96. The number of methoxy groups -OCH3 is 1. The number of non-ortho nitro benzene ring substituents is 1. The van der Waals surface area contributed by atoms with Crippen LogP contribution in [-0.4, -0.2) is 54.9 Å². The van der Waals surface area contributed by atoms with Crippen molar-refractivity contribution in [3.8, 4) is 12.1 Å². The number of carbonyl (C=O) groups excluding carboxylic acids is 1. The fourth-order valence-electron chi connectivity index (χ4n) is 3.43. The van der Waals surface area contributed by atoms with Crippen LogP contribution in [0, 0.1) is 32.8 Å². The molecule has 0 saturated carbocycles. The van der Waals surface area contributed by atoms with Crippen LogP contribution in [0.1, 0.15) is 23.2 Å². The van der Waals surface area contributed by atoms with Gasteiger partial charge in [-0.25, -0.2) is 8.42 Å². The van der Waals surface area contributed by atoms with Gasteiger partial charge in [0.1, 0.15) is 0 Å². The molecule has 0 saturated heterocycles. The average Bonchev–Trinajstić information content (AvgIpc) is 3.23. The summed E-state index contributed by atoms with van der Waals surface area (Å²) in [5.41, 5.74) is 0.720. The summed E-state index contributed by atoms with van der Waals surface area (Å²) in [4.78, 5) is 28.0. The maximum absolute atomic E-state index is 13.0. The first-order chi connectivity index (χ1) is 17.7. The first kappa shape index (κ1) is 27.6. The summed E-state index contributed by atoms with van der Waals surface area (Å²) in [6.07, 6.45) is -0.0526. The van der Waals surface area contributed by atoms with Gasteiger partial charge in [-0.05, 0) is 30.3 Å². The van der Waals surface area contributed by atoms with E-state index in [0.717, 1.165) is 15.6 Å². The molecule has 0 unspecified atom stereocenters. The second-order valence-electron chi connectivity index (χ2n) is 7.60. The number of benzene rings is 2. The highest BCUT2D eigenvalue weighted by molar-refractivity contribution is 7.89. The Bertz CT molecular complexity index is 1540. The van der Waals surface area contributed by atoms with Crippen molar-refractivity contribution in [1.29, 1.82) is 10.5 Å². The van der Waals surface area contributed by atoms with Crippen LogP contribution in [0.5, 0.6) is 0 Å². The Morgan fingerprint density at radius 1 is 1.16 bits per heavy atom. The van der Waals surface area contributed by atoms with Gasteiger partial charge < -0.3 is 9.30 Å². The lowest BCUT2D eigenvalue weighted by Crippen LogP contribution is -2.32. The van der Waals surface area contributed by atoms with Gasteiger partial charge in [-0.1, -0.05) is 11.3 Å². The molecule has 0 atom stereocenters. The van der Waals surface area contributed by atoms with E-state index in [9.17, 15) is 23.3 Å². The second kappa shape index (κ2) is 12.3. The molecule has 0 aliphatic carbocycles. The van der Waals surface area contributed by atoms with Crippen LogP contribution in [0.4, 0.5) is 5.69 Å². The molecule has 1 aromatic heterocycles. The van der Waals surface area contributed by atoms with E-state index < -0.39 is 20.9 Å². The number of amides is 1. The SMILES string of the molecule is COCCn1c(=NC(=O)c2ccc(S(=O)(=O)N(CCC#N)CCC#N)cc2)sc2cc([N+](=O)[O-])ccc21. The van der Waals surface area contributed by atoms with Crippen LogP contribution in [0.3, 0.4) is 0 Å². The van der Waals surface area contributed by atoms with Gasteiger partial charge in [0.2, 0.25) is 10.0 Å². The number of aromatic nitrogens is 1. The van der Waals surface area contributed by atoms with E-state index in [1.807, 2.05) is 12.1 Å². The zero-order chi connectivity index (χ0) is 27.0. The van der Waals surface area contributed by atoms with Crippen LogP contribution in [0.25, 0.3) is 10.2 Å². The predicted octanol–water partition coefficient (Wildman–Crippen LogP) is 2.82. The van der Waals surface area contributed by atoms with E-state index in [-0.39, 0.29) is 42.1 Å². The first-order valence-corrected chi connectivity index (χ1v) is 13.2. The normalized spacial score (nSPS) is 11.9. The summed E-state index contributed by atoms with van der Waals surface area (Å²) in [5.74, 6) is -0.623. The minimum Gasteiger partial charge on any atom is -0.383 e. The molecule has 1 heterocycles. The maximum atomic E-state index is 13.0. The molecule has 1 amide bonds. The molecule has 37 heavy (non-hydrogen) atoms. The second-order valence-corrected chi connectivity index (χ2v) is 10.5. The molecule has 3 rings (SSSR count). The molecular weight excluding hydrogens is 520 g/mol. The van der Waals surface area contributed by atoms with Gasteiger partial charge in [-0.3, -0.25) is 14.9 Å². The molecule has 0 aliphatic rings. The summed E-state index contributed by atoms with van der Waals surface area (Å²) in [6, 6.07) is 13.4. The Hall–Kier alpha value is -3.95. The van der Waals surface area contributed by atoms with Crippen molar-refractivity contribution in [2.45, 2.75) is 24.3 Å². The van der Waals surface area contributed by atoms with Crippen LogP contribution in [0.2, 0.25) is 0 Å². The number of hydrogen-bond acceptors (Lipinski definition) is 9. The van der Waals surface area contributed by atoms with Gasteiger partial charge in [0.05, 0.1) is 38.8 Å². The minimum absolute atomic E-state index is 0.0263. The van der Waals surface area contributed by atoms with Crippen molar-refractivity contribution < 1.29 is 22.9 Å². The number of carbonyl (C=O) groups is 1. The van der Waals surface area contributed by atoms with Gasteiger partial charge >= 0.3 is 0 Å². The van der Waals surface area contributed by atoms with Crippen molar-refractivity contribution in [3.63, 3.8) is 0 Å². The predicted molar refractivity (Wildman–Crippen MR) is 134 cm³/mol. The number of thiazole rings is 1. The zero-order valence-electron chi connectivity index (χ0n) is 19.7. The fraction of sp³-hybridized carbons (Fsp3) is 0.304. The third-order valence-electron chi connectivity index (χ3n) is 5.28. The van der Waals surface area contributed by atoms with Gasteiger partial charge in [0.15, 0.2) is 4.80 Å². The standard InChI is InChI=1S/C23H22N6O6S2/c1-35-15-14-28-20-9-6-18(29(31)32)16-21(20)36-23(28)26-22(30)17-4-7-19(8-5-17)37(33,34)27(12-2-10-24)13-3-11-25/h4-9,16H,2-3,12-15H2,1H3. The number of fused-ring (bicyclic) bond motifs is 1. The number of nitrogens with zero attached hydrogens (tertiary/aromatic N) is 6. The molecule has 0 radical (unpaired) electrons. The molecule has 0 aliphatic heterocycles. The summed E-state index contributed by atoms with van der Waals surface area (Å²) < 4.78 is 34.5. The van der Waals surface area contributed by atoms with Crippen LogP contribution in [0.15, 0.2) is 52.4 Å². The first-order valence-electron chi connectivity index (χ1n) is 10.9. The van der Waals surface area contributed by atoms with Crippen molar-refractivity contribution in [2.75, 3.05) is 26.8 Å². The molecular formula is C23H22N6O6S2. The third kappa shape index (κ3) is 6.44. The van der Waals surface area contributed by atoms with Crippen molar-refractivity contribution in [2.24, 2.45) is 4.99 Å². The summed E-state index contributed by atoms with van der Waals surface area (Å²) in [7, 11) is -2.45. The lowest BCUT2D eigenvalue weighted by molar-refractivity contribution is -0.384. The lowest BCUT2D eigenvalue weighted by Gasteiger charge is -2.20. The van der Waals surface area contributed by atoms with Crippen LogP contribution >= 0.6 is 11.3 Å². The number of nitriles is 2. The molecule has 192 valence electrons. The van der Waals surface area contributed by atoms with E-state index in [1.54, 1.807) is 10.6 Å². The van der Waals surface area contributed by atoms with Gasteiger partial charge in [0, 0.05) is 57.3 Å². The van der Waals surface area contributed by atoms with Gasteiger partial charge in [0.25, 0.3) is 11.6 Å². The molecule has 3 aromatic rings. The Morgan fingerprint density at radius 3 is 2.38 bits per heavy atom. The smallest absolute Gasteiger partial charge is 0.279 e. The molecule has 0 N–H and O–H groups in total. The average molecular weight is 543 g/mol. The zero-order valence-corrected chi connectivity index (χ0v) is 21.4. The van der Waals surface area contributed by atoms with E-state index in [4.69, 9.17) is 15.3 Å². The molecule has 14 heteroatoms. The highest BCUT2D eigenvalue weighted by Gasteiger charge is 2.24. The highest BCUT2D eigenvalue weighted by Crippen LogP contribution is 2.23. The monoisotopic (exact) mass is 542 g/mol.